The van der Waals surface area contributed by atoms with Crippen molar-refractivity contribution < 1.29 is 23.8 Å². The SMILES string of the molecule is C#CCOC(=O)CCC(OC)C(=O)OCC#C. The molecule has 5 heteroatoms. The molecule has 1 unspecified atom stereocenters. The molecule has 5 nitrogen and oxygen atoms in total. The Morgan fingerprint density at radius 3 is 2.29 bits per heavy atom. The zero-order valence-electron chi connectivity index (χ0n) is 9.60. The van der Waals surface area contributed by atoms with Crippen LogP contribution in [0.4, 0.5) is 0 Å². The molecule has 0 rings (SSSR count). The Bertz CT molecular complexity index is 334. The van der Waals surface area contributed by atoms with E-state index < -0.39 is 18.0 Å². The maximum absolute atomic E-state index is 11.3. The van der Waals surface area contributed by atoms with Gasteiger partial charge in [0.1, 0.15) is 0 Å². The summed E-state index contributed by atoms with van der Waals surface area (Å²) in [6.45, 7) is -0.210. The highest BCUT2D eigenvalue weighted by molar-refractivity contribution is 5.76. The predicted molar refractivity (Wildman–Crippen MR) is 59.6 cm³/mol. The van der Waals surface area contributed by atoms with Crippen LogP contribution in [0.25, 0.3) is 0 Å². The van der Waals surface area contributed by atoms with E-state index in [4.69, 9.17) is 17.6 Å². The minimum atomic E-state index is -0.832. The number of terminal acetylenes is 2. The van der Waals surface area contributed by atoms with E-state index in [2.05, 4.69) is 21.3 Å². The molecule has 0 aromatic rings. The van der Waals surface area contributed by atoms with Gasteiger partial charge in [0.15, 0.2) is 19.3 Å². The Balaban J connectivity index is 3.98. The second-order valence-corrected chi connectivity index (χ2v) is 2.94. The van der Waals surface area contributed by atoms with Crippen molar-refractivity contribution in [2.45, 2.75) is 18.9 Å². The van der Waals surface area contributed by atoms with Gasteiger partial charge >= 0.3 is 11.9 Å². The molecule has 0 spiro atoms. The summed E-state index contributed by atoms with van der Waals surface area (Å²) in [7, 11) is 1.34. The van der Waals surface area contributed by atoms with Crippen LogP contribution in [0.2, 0.25) is 0 Å². The van der Waals surface area contributed by atoms with Crippen LogP contribution in [0.15, 0.2) is 0 Å². The Morgan fingerprint density at radius 1 is 1.18 bits per heavy atom. The molecule has 0 aliphatic rings. The molecule has 0 bridgehead atoms. The Hall–Kier alpha value is -1.98. The number of hydrogen-bond acceptors (Lipinski definition) is 5. The third-order valence-electron chi connectivity index (χ3n) is 1.77. The zero-order chi connectivity index (χ0) is 13.1. The van der Waals surface area contributed by atoms with E-state index >= 15 is 0 Å². The molecule has 0 heterocycles. The van der Waals surface area contributed by atoms with Crippen LogP contribution in [0.5, 0.6) is 0 Å². The van der Waals surface area contributed by atoms with Crippen LogP contribution in [-0.2, 0) is 23.8 Å². The molecule has 0 fully saturated rings. The maximum atomic E-state index is 11.3. The molecule has 0 saturated carbocycles. The average molecular weight is 238 g/mol. The first-order chi connectivity index (χ1) is 8.15. The predicted octanol–water partition coefficient (Wildman–Crippen LogP) is 0.134. The van der Waals surface area contributed by atoms with Crippen LogP contribution < -0.4 is 0 Å². The van der Waals surface area contributed by atoms with Crippen molar-refractivity contribution in [2.24, 2.45) is 0 Å². The summed E-state index contributed by atoms with van der Waals surface area (Å²) < 4.78 is 14.2. The summed E-state index contributed by atoms with van der Waals surface area (Å²) in [5.41, 5.74) is 0. The second kappa shape index (κ2) is 9.26. The molecular weight excluding hydrogens is 224 g/mol. The first kappa shape index (κ1) is 15.0. The number of rotatable bonds is 7. The maximum Gasteiger partial charge on any atom is 0.336 e. The van der Waals surface area contributed by atoms with Crippen molar-refractivity contribution in [3.05, 3.63) is 0 Å². The lowest BCUT2D eigenvalue weighted by Crippen LogP contribution is -2.26. The number of hydrogen-bond donors (Lipinski definition) is 0. The molecule has 0 aromatic heterocycles. The molecule has 17 heavy (non-hydrogen) atoms. The molecule has 0 aliphatic carbocycles. The molecular formula is C12H14O5. The summed E-state index contributed by atoms with van der Waals surface area (Å²) in [4.78, 5) is 22.4. The van der Waals surface area contributed by atoms with Crippen LogP contribution in [0.3, 0.4) is 0 Å². The normalized spacial score (nSPS) is 10.8. The molecule has 0 N–H and O–H groups in total. The van der Waals surface area contributed by atoms with Crippen LogP contribution in [-0.4, -0.2) is 38.4 Å². The molecule has 0 amide bonds. The lowest BCUT2D eigenvalue weighted by molar-refractivity contribution is -0.155. The molecule has 92 valence electrons. The van der Waals surface area contributed by atoms with Gasteiger partial charge < -0.3 is 14.2 Å². The van der Waals surface area contributed by atoms with Gasteiger partial charge in [-0.2, -0.15) is 0 Å². The van der Waals surface area contributed by atoms with Gasteiger partial charge in [-0.1, -0.05) is 11.8 Å². The minimum Gasteiger partial charge on any atom is -0.452 e. The van der Waals surface area contributed by atoms with Crippen molar-refractivity contribution in [3.63, 3.8) is 0 Å². The van der Waals surface area contributed by atoms with Crippen molar-refractivity contribution >= 4 is 11.9 Å². The quantitative estimate of drug-likeness (QED) is 0.466. The van der Waals surface area contributed by atoms with Gasteiger partial charge in [0.2, 0.25) is 0 Å². The van der Waals surface area contributed by atoms with E-state index in [9.17, 15) is 9.59 Å². The van der Waals surface area contributed by atoms with E-state index in [0.29, 0.717) is 0 Å². The van der Waals surface area contributed by atoms with E-state index in [-0.39, 0.29) is 26.1 Å². The van der Waals surface area contributed by atoms with Gasteiger partial charge in [0, 0.05) is 13.5 Å². The van der Waals surface area contributed by atoms with Gasteiger partial charge in [-0.3, -0.25) is 4.79 Å². The Kier molecular flexibility index (Phi) is 8.18. The van der Waals surface area contributed by atoms with E-state index in [1.807, 2.05) is 0 Å². The molecule has 1 atom stereocenters. The fourth-order valence-corrected chi connectivity index (χ4v) is 0.981. The highest BCUT2D eigenvalue weighted by Gasteiger charge is 2.20. The molecule has 0 aromatic carbocycles. The third kappa shape index (κ3) is 6.99. The fraction of sp³-hybridized carbons (Fsp3) is 0.500. The highest BCUT2D eigenvalue weighted by atomic mass is 16.6. The van der Waals surface area contributed by atoms with Gasteiger partial charge in [-0.15, -0.1) is 12.8 Å². The summed E-state index contributed by atoms with van der Waals surface area (Å²) in [5, 5.41) is 0. The molecule has 0 radical (unpaired) electrons. The lowest BCUT2D eigenvalue weighted by Gasteiger charge is -2.12. The lowest BCUT2D eigenvalue weighted by atomic mass is 10.2. The van der Waals surface area contributed by atoms with Crippen molar-refractivity contribution in [1.29, 1.82) is 0 Å². The standard InChI is InChI=1S/C12H14O5/c1-4-8-16-11(13)7-6-10(15-3)12(14)17-9-5-2/h1-2,10H,6-9H2,3H3. The van der Waals surface area contributed by atoms with Crippen molar-refractivity contribution in [2.75, 3.05) is 20.3 Å². The minimum absolute atomic E-state index is 0.0192. The number of ether oxygens (including phenoxy) is 3. The third-order valence-corrected chi connectivity index (χ3v) is 1.77. The smallest absolute Gasteiger partial charge is 0.336 e. The Morgan fingerprint density at radius 2 is 1.76 bits per heavy atom. The molecule has 0 saturated heterocycles. The summed E-state index contributed by atoms with van der Waals surface area (Å²) >= 11 is 0. The van der Waals surface area contributed by atoms with E-state index in [1.165, 1.54) is 7.11 Å². The average Bonchev–Trinajstić information content (AvgIpc) is 2.34. The number of carbonyl (C=O) groups is 2. The van der Waals surface area contributed by atoms with Gasteiger partial charge in [0.25, 0.3) is 0 Å². The first-order valence-electron chi connectivity index (χ1n) is 4.87. The summed E-state index contributed by atoms with van der Waals surface area (Å²) in [6.07, 6.45) is 9.20. The highest BCUT2D eigenvalue weighted by Crippen LogP contribution is 2.05. The van der Waals surface area contributed by atoms with Gasteiger partial charge in [-0.05, 0) is 6.42 Å². The second-order valence-electron chi connectivity index (χ2n) is 2.94. The monoisotopic (exact) mass is 238 g/mol. The number of methoxy groups -OCH3 is 1. The van der Waals surface area contributed by atoms with Crippen LogP contribution in [0.1, 0.15) is 12.8 Å². The zero-order valence-corrected chi connectivity index (χ0v) is 9.60. The first-order valence-corrected chi connectivity index (χ1v) is 4.87. The largest absolute Gasteiger partial charge is 0.452 e. The van der Waals surface area contributed by atoms with Crippen LogP contribution >= 0.6 is 0 Å². The number of esters is 2. The van der Waals surface area contributed by atoms with Crippen molar-refractivity contribution in [3.8, 4) is 24.7 Å². The Labute approximate surface area is 100 Å². The summed E-state index contributed by atoms with van der Waals surface area (Å²) in [6, 6.07) is 0. The van der Waals surface area contributed by atoms with Crippen molar-refractivity contribution in [1.82, 2.24) is 0 Å². The van der Waals surface area contributed by atoms with E-state index in [0.717, 1.165) is 0 Å². The fourth-order valence-electron chi connectivity index (χ4n) is 0.981. The molecule has 0 aliphatic heterocycles. The van der Waals surface area contributed by atoms with E-state index in [1.54, 1.807) is 0 Å². The topological polar surface area (TPSA) is 61.8 Å². The van der Waals surface area contributed by atoms with Gasteiger partial charge in [-0.25, -0.2) is 4.79 Å². The van der Waals surface area contributed by atoms with Crippen LogP contribution in [0, 0.1) is 24.7 Å². The summed E-state index contributed by atoms with van der Waals surface area (Å²) in [5.74, 6) is 3.23. The number of carbonyl (C=O) groups excluding carboxylic acids is 2. The van der Waals surface area contributed by atoms with Gasteiger partial charge in [0.05, 0.1) is 0 Å².